The molecule has 9 heteroatoms. The highest BCUT2D eigenvalue weighted by Gasteiger charge is 2.17. The zero-order valence-corrected chi connectivity index (χ0v) is 23.4. The fraction of sp³-hybridized carbons (Fsp3) is 0.226. The van der Waals surface area contributed by atoms with E-state index in [1.807, 2.05) is 69.8 Å². The number of nitrogens with one attached hydrogen (secondary N) is 2. The normalized spacial score (nSPS) is 11.4. The molecule has 0 saturated heterocycles. The van der Waals surface area contributed by atoms with Crippen molar-refractivity contribution in [2.75, 3.05) is 11.1 Å². The molecule has 8 nitrogen and oxygen atoms in total. The van der Waals surface area contributed by atoms with Crippen molar-refractivity contribution in [3.63, 3.8) is 0 Å². The molecule has 0 bridgehead atoms. The van der Waals surface area contributed by atoms with Gasteiger partial charge >= 0.3 is 0 Å². The van der Waals surface area contributed by atoms with Crippen LogP contribution in [-0.4, -0.2) is 25.4 Å². The van der Waals surface area contributed by atoms with Crippen LogP contribution in [0.1, 0.15) is 53.9 Å². The second-order valence-electron chi connectivity index (χ2n) is 9.32. The number of nitrogens with zero attached hydrogens (tertiary/aromatic N) is 4. The van der Waals surface area contributed by atoms with E-state index in [1.165, 1.54) is 18.5 Å². The van der Waals surface area contributed by atoms with Crippen molar-refractivity contribution in [3.05, 3.63) is 101 Å². The quantitative estimate of drug-likeness (QED) is 0.227. The van der Waals surface area contributed by atoms with Crippen LogP contribution in [0.2, 0.25) is 0 Å². The van der Waals surface area contributed by atoms with Gasteiger partial charge in [0.1, 0.15) is 29.4 Å². The summed E-state index contributed by atoms with van der Waals surface area (Å²) in [5.41, 5.74) is 12.0. The summed E-state index contributed by atoms with van der Waals surface area (Å²) in [6.45, 7) is 8.23. The molecule has 0 radical (unpaired) electrons. The van der Waals surface area contributed by atoms with E-state index < -0.39 is 0 Å². The first-order valence-electron chi connectivity index (χ1n) is 13.2. The molecule has 3 aromatic heterocycles. The summed E-state index contributed by atoms with van der Waals surface area (Å²) in [7, 11) is 1.93. The smallest absolute Gasteiger partial charge is 0.255 e. The maximum absolute atomic E-state index is 13.3. The Hall–Kier alpha value is -4.79. The van der Waals surface area contributed by atoms with Crippen LogP contribution in [0.4, 0.5) is 16.0 Å². The number of halogens is 1. The molecule has 206 valence electrons. The summed E-state index contributed by atoms with van der Waals surface area (Å²) in [5.74, 6) is 0.361. The summed E-state index contributed by atoms with van der Waals surface area (Å²) in [6.07, 6.45) is 5.18. The SMILES string of the molecule is CC.Cc1cnc(NCc2ccc(-c3cn(C)c4ncnc(N)c34)cc2)c(C(=O)NC(C)c2ccc(F)cc2)c1. The fourth-order valence-corrected chi connectivity index (χ4v) is 4.43. The number of carbonyl (C=O) groups excluding carboxylic acids is 1. The van der Waals surface area contributed by atoms with E-state index in [0.29, 0.717) is 23.7 Å². The summed E-state index contributed by atoms with van der Waals surface area (Å²) in [5, 5.41) is 7.10. The average molecular weight is 540 g/mol. The molecule has 3 heterocycles. The van der Waals surface area contributed by atoms with Crippen LogP contribution in [0.5, 0.6) is 0 Å². The molecule has 2 aromatic carbocycles. The topological polar surface area (TPSA) is 111 Å². The summed E-state index contributed by atoms with van der Waals surface area (Å²) >= 11 is 0. The van der Waals surface area contributed by atoms with Gasteiger partial charge in [-0.2, -0.15) is 0 Å². The minimum atomic E-state index is -0.315. The van der Waals surface area contributed by atoms with Gasteiger partial charge in [0.2, 0.25) is 0 Å². The van der Waals surface area contributed by atoms with E-state index in [9.17, 15) is 9.18 Å². The van der Waals surface area contributed by atoms with E-state index in [2.05, 4.69) is 25.6 Å². The van der Waals surface area contributed by atoms with Gasteiger partial charge in [-0.3, -0.25) is 4.79 Å². The number of pyridine rings is 1. The number of nitrogen functional groups attached to an aromatic ring is 1. The Balaban J connectivity index is 0.00000181. The van der Waals surface area contributed by atoms with Crippen LogP contribution >= 0.6 is 0 Å². The summed E-state index contributed by atoms with van der Waals surface area (Å²) < 4.78 is 15.2. The fourth-order valence-electron chi connectivity index (χ4n) is 4.43. The van der Waals surface area contributed by atoms with Gasteiger partial charge in [0, 0.05) is 31.5 Å². The number of aromatic nitrogens is 4. The van der Waals surface area contributed by atoms with Gasteiger partial charge in [-0.15, -0.1) is 0 Å². The highest BCUT2D eigenvalue weighted by atomic mass is 19.1. The molecular formula is C31H34FN7O. The molecule has 4 N–H and O–H groups in total. The standard InChI is InChI=1S/C29H28FN7O.C2H6/c1-17-12-23(29(38)36-18(2)20-8-10-22(30)11-9-20)27(32-13-17)33-14-19-4-6-21(7-5-19)24-15-37(3)28-25(24)26(31)34-16-35-28;1-2/h4-13,15-16,18H,14H2,1-3H3,(H,32,33)(H,36,38)(H2,31,34,35);1-2H3. The van der Waals surface area contributed by atoms with E-state index >= 15 is 0 Å². The van der Waals surface area contributed by atoms with Crippen molar-refractivity contribution < 1.29 is 9.18 Å². The third-order valence-corrected chi connectivity index (χ3v) is 6.49. The lowest BCUT2D eigenvalue weighted by molar-refractivity contribution is 0.0940. The summed E-state index contributed by atoms with van der Waals surface area (Å²) in [4.78, 5) is 26.1. The van der Waals surface area contributed by atoms with E-state index in [1.54, 1.807) is 24.4 Å². The van der Waals surface area contributed by atoms with Crippen molar-refractivity contribution in [2.24, 2.45) is 7.05 Å². The molecule has 0 aliphatic carbocycles. The number of nitrogens with two attached hydrogens (primary N) is 1. The van der Waals surface area contributed by atoms with Crippen LogP contribution in [-0.2, 0) is 13.6 Å². The summed E-state index contributed by atoms with van der Waals surface area (Å²) in [6, 6.07) is 15.7. The van der Waals surface area contributed by atoms with Crippen LogP contribution < -0.4 is 16.4 Å². The molecule has 5 aromatic rings. The molecule has 0 saturated carbocycles. The van der Waals surface area contributed by atoms with Gasteiger partial charge in [0.05, 0.1) is 17.0 Å². The maximum atomic E-state index is 13.3. The Bertz CT molecular complexity index is 1610. The van der Waals surface area contributed by atoms with Crippen LogP contribution in [0.15, 0.2) is 73.3 Å². The molecule has 40 heavy (non-hydrogen) atoms. The van der Waals surface area contributed by atoms with Crippen LogP contribution in [0, 0.1) is 12.7 Å². The van der Waals surface area contributed by atoms with Gasteiger partial charge < -0.3 is 20.9 Å². The van der Waals surface area contributed by atoms with Gasteiger partial charge in [-0.25, -0.2) is 19.3 Å². The van der Waals surface area contributed by atoms with Gasteiger partial charge in [-0.1, -0.05) is 50.2 Å². The van der Waals surface area contributed by atoms with Crippen molar-refractivity contribution >= 4 is 28.6 Å². The van der Waals surface area contributed by atoms with Gasteiger partial charge in [0.25, 0.3) is 5.91 Å². The van der Waals surface area contributed by atoms with Crippen molar-refractivity contribution in [3.8, 4) is 11.1 Å². The van der Waals surface area contributed by atoms with Crippen molar-refractivity contribution in [1.82, 2.24) is 24.8 Å². The Morgan fingerprint density at radius 3 is 2.45 bits per heavy atom. The maximum Gasteiger partial charge on any atom is 0.255 e. The van der Waals surface area contributed by atoms with E-state index in [-0.39, 0.29) is 17.8 Å². The minimum absolute atomic E-state index is 0.258. The van der Waals surface area contributed by atoms with E-state index in [4.69, 9.17) is 5.73 Å². The first-order chi connectivity index (χ1) is 19.3. The highest BCUT2D eigenvalue weighted by molar-refractivity contribution is 6.00. The number of benzene rings is 2. The number of hydrogen-bond acceptors (Lipinski definition) is 6. The lowest BCUT2D eigenvalue weighted by atomic mass is 10.0. The second-order valence-corrected chi connectivity index (χ2v) is 9.32. The van der Waals surface area contributed by atoms with Gasteiger partial charge in [-0.05, 0) is 54.3 Å². The Labute approximate surface area is 233 Å². The molecule has 5 rings (SSSR count). The minimum Gasteiger partial charge on any atom is -0.383 e. The number of fused-ring (bicyclic) bond motifs is 1. The molecular weight excluding hydrogens is 505 g/mol. The Morgan fingerprint density at radius 2 is 1.75 bits per heavy atom. The average Bonchev–Trinajstić information content (AvgIpc) is 3.31. The lowest BCUT2D eigenvalue weighted by Gasteiger charge is -2.17. The number of hydrogen-bond donors (Lipinski definition) is 3. The first-order valence-corrected chi connectivity index (χ1v) is 13.2. The predicted octanol–water partition coefficient (Wildman–Crippen LogP) is 6.19. The molecule has 1 unspecified atom stereocenters. The van der Waals surface area contributed by atoms with Gasteiger partial charge in [0.15, 0.2) is 0 Å². The number of aryl methyl sites for hydroxylation is 2. The monoisotopic (exact) mass is 539 g/mol. The van der Waals surface area contributed by atoms with Crippen LogP contribution in [0.25, 0.3) is 22.2 Å². The lowest BCUT2D eigenvalue weighted by Crippen LogP contribution is -2.27. The molecule has 0 spiro atoms. The molecule has 0 aliphatic heterocycles. The number of rotatable bonds is 7. The Kier molecular flexibility index (Phi) is 8.73. The van der Waals surface area contributed by atoms with Crippen LogP contribution in [0.3, 0.4) is 0 Å². The zero-order valence-electron chi connectivity index (χ0n) is 23.4. The zero-order chi connectivity index (χ0) is 28.8. The molecule has 0 aliphatic rings. The third kappa shape index (κ3) is 6.09. The molecule has 0 fully saturated rings. The Morgan fingerprint density at radius 1 is 1.05 bits per heavy atom. The second kappa shape index (κ2) is 12.4. The van der Waals surface area contributed by atoms with E-state index in [0.717, 1.165) is 38.9 Å². The molecule has 1 atom stereocenters. The highest BCUT2D eigenvalue weighted by Crippen LogP contribution is 2.32. The number of anilines is 2. The number of carbonyl (C=O) groups is 1. The largest absolute Gasteiger partial charge is 0.383 e. The molecule has 1 amide bonds. The first kappa shape index (κ1) is 28.2. The number of amides is 1. The van der Waals surface area contributed by atoms with Crippen molar-refractivity contribution in [1.29, 1.82) is 0 Å². The van der Waals surface area contributed by atoms with Crippen molar-refractivity contribution in [2.45, 2.75) is 40.3 Å². The third-order valence-electron chi connectivity index (χ3n) is 6.49. The predicted molar refractivity (Wildman–Crippen MR) is 158 cm³/mol.